The molecule has 0 spiro atoms. The fourth-order valence-corrected chi connectivity index (χ4v) is 2.14. The Morgan fingerprint density at radius 1 is 1.37 bits per heavy atom. The van der Waals surface area contributed by atoms with E-state index in [1.165, 1.54) is 0 Å². The van der Waals surface area contributed by atoms with Crippen LogP contribution in [0, 0.1) is 6.92 Å². The Balaban J connectivity index is 2.02. The van der Waals surface area contributed by atoms with Gasteiger partial charge in [0.2, 0.25) is 5.95 Å². The number of aliphatic hydroxyl groups is 1. The molecule has 106 valence electrons. The molecule has 5 heteroatoms. The van der Waals surface area contributed by atoms with Gasteiger partial charge in [-0.1, -0.05) is 13.8 Å². The molecule has 0 aliphatic carbocycles. The Bertz CT molecular complexity index is 429. The highest BCUT2D eigenvalue weighted by Gasteiger charge is 2.29. The number of nitrogens with zero attached hydrogens (tertiary/aromatic N) is 2. The SMILES string of the molecule is Cc1cc(C(C)C)nc(NCC2(O)CCOCC2)n1. The third-order valence-electron chi connectivity index (χ3n) is 3.46. The van der Waals surface area contributed by atoms with Crippen molar-refractivity contribution in [2.24, 2.45) is 0 Å². The molecular weight excluding hydrogens is 242 g/mol. The van der Waals surface area contributed by atoms with Crippen LogP contribution in [-0.4, -0.2) is 40.4 Å². The van der Waals surface area contributed by atoms with Crippen molar-refractivity contribution in [2.75, 3.05) is 25.1 Å². The number of aryl methyl sites for hydroxylation is 1. The highest BCUT2D eigenvalue weighted by Crippen LogP contribution is 2.21. The van der Waals surface area contributed by atoms with Crippen LogP contribution in [0.4, 0.5) is 5.95 Å². The number of anilines is 1. The lowest BCUT2D eigenvalue weighted by molar-refractivity contribution is -0.0544. The quantitative estimate of drug-likeness (QED) is 0.870. The van der Waals surface area contributed by atoms with Crippen molar-refractivity contribution in [1.82, 2.24) is 9.97 Å². The number of aromatic nitrogens is 2. The van der Waals surface area contributed by atoms with Gasteiger partial charge in [0.1, 0.15) is 0 Å². The monoisotopic (exact) mass is 265 g/mol. The van der Waals surface area contributed by atoms with Gasteiger partial charge < -0.3 is 15.2 Å². The number of rotatable bonds is 4. The number of ether oxygens (including phenoxy) is 1. The van der Waals surface area contributed by atoms with Crippen molar-refractivity contribution in [3.63, 3.8) is 0 Å². The Morgan fingerprint density at radius 2 is 2.05 bits per heavy atom. The number of hydrogen-bond acceptors (Lipinski definition) is 5. The highest BCUT2D eigenvalue weighted by atomic mass is 16.5. The maximum absolute atomic E-state index is 10.4. The summed E-state index contributed by atoms with van der Waals surface area (Å²) in [6, 6.07) is 2.00. The van der Waals surface area contributed by atoms with E-state index >= 15 is 0 Å². The van der Waals surface area contributed by atoms with E-state index < -0.39 is 5.60 Å². The molecular formula is C14H23N3O2. The molecule has 0 aromatic carbocycles. The van der Waals surface area contributed by atoms with Crippen LogP contribution in [0.15, 0.2) is 6.07 Å². The van der Waals surface area contributed by atoms with Crippen LogP contribution < -0.4 is 5.32 Å². The fraction of sp³-hybridized carbons (Fsp3) is 0.714. The standard InChI is InChI=1S/C14H23N3O2/c1-10(2)12-8-11(3)16-13(17-12)15-9-14(18)4-6-19-7-5-14/h8,10,18H,4-7,9H2,1-3H3,(H,15,16,17). The fourth-order valence-electron chi connectivity index (χ4n) is 2.14. The molecule has 2 heterocycles. The van der Waals surface area contributed by atoms with Gasteiger partial charge in [0.25, 0.3) is 0 Å². The smallest absolute Gasteiger partial charge is 0.223 e. The first-order valence-corrected chi connectivity index (χ1v) is 6.88. The summed E-state index contributed by atoms with van der Waals surface area (Å²) >= 11 is 0. The Hall–Kier alpha value is -1.20. The Kier molecular flexibility index (Phi) is 4.37. The maximum Gasteiger partial charge on any atom is 0.223 e. The lowest BCUT2D eigenvalue weighted by atomic mass is 9.94. The molecule has 5 nitrogen and oxygen atoms in total. The first kappa shape index (κ1) is 14.2. The summed E-state index contributed by atoms with van der Waals surface area (Å²) in [5.41, 5.74) is 1.26. The van der Waals surface area contributed by atoms with Gasteiger partial charge in [0.05, 0.1) is 5.60 Å². The zero-order valence-electron chi connectivity index (χ0n) is 11.9. The van der Waals surface area contributed by atoms with Gasteiger partial charge in [-0.25, -0.2) is 9.97 Å². The molecule has 1 fully saturated rings. The van der Waals surface area contributed by atoms with Gasteiger partial charge in [0.15, 0.2) is 0 Å². The largest absolute Gasteiger partial charge is 0.388 e. The van der Waals surface area contributed by atoms with Gasteiger partial charge in [-0.2, -0.15) is 0 Å². The molecule has 0 amide bonds. The van der Waals surface area contributed by atoms with Gasteiger partial charge >= 0.3 is 0 Å². The molecule has 1 aromatic rings. The van der Waals surface area contributed by atoms with Crippen LogP contribution >= 0.6 is 0 Å². The van der Waals surface area contributed by atoms with Crippen molar-refractivity contribution >= 4 is 5.95 Å². The van der Waals surface area contributed by atoms with E-state index in [9.17, 15) is 5.11 Å². The van der Waals surface area contributed by atoms with Gasteiger partial charge in [-0.15, -0.1) is 0 Å². The first-order chi connectivity index (χ1) is 8.98. The molecule has 0 saturated carbocycles. The lowest BCUT2D eigenvalue weighted by Gasteiger charge is -2.32. The summed E-state index contributed by atoms with van der Waals surface area (Å²) < 4.78 is 5.27. The molecule has 1 aliphatic rings. The first-order valence-electron chi connectivity index (χ1n) is 6.88. The molecule has 1 aliphatic heterocycles. The molecule has 0 atom stereocenters. The van der Waals surface area contributed by atoms with E-state index in [0.717, 1.165) is 11.4 Å². The normalized spacial score (nSPS) is 18.6. The van der Waals surface area contributed by atoms with Crippen LogP contribution in [0.1, 0.15) is 44.0 Å². The average Bonchev–Trinajstić information content (AvgIpc) is 2.37. The predicted octanol–water partition coefficient (Wildman–Crippen LogP) is 1.86. The summed E-state index contributed by atoms with van der Waals surface area (Å²) in [5.74, 6) is 0.969. The van der Waals surface area contributed by atoms with Crippen molar-refractivity contribution in [3.8, 4) is 0 Å². The van der Waals surface area contributed by atoms with Crippen LogP contribution in [0.25, 0.3) is 0 Å². The number of hydrogen-bond donors (Lipinski definition) is 2. The van der Waals surface area contributed by atoms with Crippen LogP contribution in [0.3, 0.4) is 0 Å². The van der Waals surface area contributed by atoms with Crippen LogP contribution in [-0.2, 0) is 4.74 Å². The van der Waals surface area contributed by atoms with Gasteiger partial charge in [-0.3, -0.25) is 0 Å². The third-order valence-corrected chi connectivity index (χ3v) is 3.46. The summed E-state index contributed by atoms with van der Waals surface area (Å²) in [5, 5.41) is 13.5. The summed E-state index contributed by atoms with van der Waals surface area (Å²) in [7, 11) is 0. The lowest BCUT2D eigenvalue weighted by Crippen LogP contribution is -2.42. The summed E-state index contributed by atoms with van der Waals surface area (Å²) in [4.78, 5) is 8.85. The topological polar surface area (TPSA) is 67.3 Å². The van der Waals surface area contributed by atoms with E-state index in [0.29, 0.717) is 44.5 Å². The van der Waals surface area contributed by atoms with Crippen LogP contribution in [0.2, 0.25) is 0 Å². The van der Waals surface area contributed by atoms with E-state index in [-0.39, 0.29) is 0 Å². The zero-order valence-corrected chi connectivity index (χ0v) is 11.9. The molecule has 0 unspecified atom stereocenters. The molecule has 2 rings (SSSR count). The minimum absolute atomic E-state index is 0.369. The minimum Gasteiger partial charge on any atom is -0.388 e. The molecule has 0 radical (unpaired) electrons. The summed E-state index contributed by atoms with van der Waals surface area (Å²) in [6.07, 6.45) is 1.31. The highest BCUT2D eigenvalue weighted by molar-refractivity contribution is 5.29. The Labute approximate surface area is 114 Å². The van der Waals surface area contributed by atoms with Crippen molar-refractivity contribution in [3.05, 3.63) is 17.5 Å². The second-order valence-electron chi connectivity index (χ2n) is 5.60. The van der Waals surface area contributed by atoms with Crippen molar-refractivity contribution < 1.29 is 9.84 Å². The molecule has 2 N–H and O–H groups in total. The average molecular weight is 265 g/mol. The molecule has 0 bridgehead atoms. The van der Waals surface area contributed by atoms with Crippen LogP contribution in [0.5, 0.6) is 0 Å². The third kappa shape index (κ3) is 3.88. The van der Waals surface area contributed by atoms with E-state index in [1.54, 1.807) is 0 Å². The van der Waals surface area contributed by atoms with E-state index in [4.69, 9.17) is 4.74 Å². The zero-order chi connectivity index (χ0) is 13.9. The van der Waals surface area contributed by atoms with Crippen molar-refractivity contribution in [1.29, 1.82) is 0 Å². The number of nitrogens with one attached hydrogen (secondary N) is 1. The second-order valence-corrected chi connectivity index (χ2v) is 5.60. The van der Waals surface area contributed by atoms with E-state index in [1.807, 2.05) is 13.0 Å². The molecule has 1 saturated heterocycles. The predicted molar refractivity (Wildman–Crippen MR) is 74.4 cm³/mol. The van der Waals surface area contributed by atoms with Gasteiger partial charge in [0, 0.05) is 44.0 Å². The van der Waals surface area contributed by atoms with Gasteiger partial charge in [-0.05, 0) is 18.9 Å². The second kappa shape index (κ2) is 5.84. The van der Waals surface area contributed by atoms with Crippen molar-refractivity contribution in [2.45, 2.75) is 45.1 Å². The molecule has 19 heavy (non-hydrogen) atoms. The maximum atomic E-state index is 10.4. The summed E-state index contributed by atoms with van der Waals surface area (Å²) in [6.45, 7) is 7.88. The minimum atomic E-state index is -0.705. The molecule has 1 aromatic heterocycles. The Morgan fingerprint density at radius 3 is 2.68 bits per heavy atom. The van der Waals surface area contributed by atoms with E-state index in [2.05, 4.69) is 29.1 Å².